The van der Waals surface area contributed by atoms with E-state index >= 15 is 0 Å². The summed E-state index contributed by atoms with van der Waals surface area (Å²) in [6.45, 7) is 10.7. The number of anilines is 1. The van der Waals surface area contributed by atoms with Crippen molar-refractivity contribution in [2.75, 3.05) is 11.9 Å². The molecule has 2 atom stereocenters. The second-order valence-corrected chi connectivity index (χ2v) is 6.59. The predicted molar refractivity (Wildman–Crippen MR) is 92.5 cm³/mol. The third kappa shape index (κ3) is 3.00. The van der Waals surface area contributed by atoms with E-state index in [1.54, 1.807) is 0 Å². The van der Waals surface area contributed by atoms with Crippen LogP contribution in [0, 0.1) is 19.3 Å². The molecule has 2 unspecified atom stereocenters. The number of ether oxygens (including phenoxy) is 1. The van der Waals surface area contributed by atoms with E-state index in [1.165, 1.54) is 5.56 Å². The first-order chi connectivity index (χ1) is 9.72. The van der Waals surface area contributed by atoms with E-state index in [2.05, 4.69) is 5.32 Å². The lowest BCUT2D eigenvalue weighted by atomic mass is 9.54. The number of hydrogen-bond acceptors (Lipinski definition) is 3. The molecule has 2 rings (SSSR count). The van der Waals surface area contributed by atoms with Gasteiger partial charge in [0.2, 0.25) is 5.91 Å². The van der Waals surface area contributed by atoms with Crippen molar-refractivity contribution in [1.29, 1.82) is 0 Å². The van der Waals surface area contributed by atoms with Gasteiger partial charge in [0.1, 0.15) is 5.54 Å². The number of nitrogens with one attached hydrogen (secondary N) is 1. The van der Waals surface area contributed by atoms with E-state index in [-0.39, 0.29) is 29.8 Å². The lowest BCUT2D eigenvalue weighted by molar-refractivity contribution is -0.166. The van der Waals surface area contributed by atoms with Crippen LogP contribution in [0.15, 0.2) is 18.2 Å². The first-order valence-corrected chi connectivity index (χ1v) is 7.51. The van der Waals surface area contributed by atoms with Crippen LogP contribution in [0.1, 0.15) is 38.3 Å². The Labute approximate surface area is 139 Å². The predicted octanol–water partition coefficient (Wildman–Crippen LogP) is 3.20. The minimum Gasteiger partial charge on any atom is -0.378 e. The van der Waals surface area contributed by atoms with Crippen LogP contribution in [0.2, 0.25) is 0 Å². The topological polar surface area (TPSA) is 64.3 Å². The number of carbonyl (C=O) groups excluding carboxylic acids is 1. The molecular formula is C17H27ClN2O2. The summed E-state index contributed by atoms with van der Waals surface area (Å²) in [5.41, 5.74) is 8.27. The number of carbonyl (C=O) groups is 1. The fourth-order valence-corrected chi connectivity index (χ4v) is 2.88. The van der Waals surface area contributed by atoms with E-state index < -0.39 is 5.54 Å². The van der Waals surface area contributed by atoms with Crippen molar-refractivity contribution in [2.24, 2.45) is 11.1 Å². The highest BCUT2D eigenvalue weighted by atomic mass is 35.5. The molecule has 0 aliphatic heterocycles. The van der Waals surface area contributed by atoms with Crippen LogP contribution in [0.25, 0.3) is 0 Å². The van der Waals surface area contributed by atoms with Crippen LogP contribution in [-0.2, 0) is 9.53 Å². The van der Waals surface area contributed by atoms with Crippen molar-refractivity contribution < 1.29 is 9.53 Å². The molecule has 1 saturated carbocycles. The van der Waals surface area contributed by atoms with Crippen LogP contribution in [0.3, 0.4) is 0 Å². The van der Waals surface area contributed by atoms with Crippen LogP contribution in [0.4, 0.5) is 5.69 Å². The van der Waals surface area contributed by atoms with Crippen molar-refractivity contribution in [3.63, 3.8) is 0 Å². The normalized spacial score (nSPS) is 25.8. The average Bonchev–Trinajstić information content (AvgIpc) is 2.42. The minimum absolute atomic E-state index is 0. The molecule has 0 radical (unpaired) electrons. The van der Waals surface area contributed by atoms with Gasteiger partial charge in [0.15, 0.2) is 0 Å². The molecule has 1 fully saturated rings. The Morgan fingerprint density at radius 1 is 1.36 bits per heavy atom. The zero-order chi connectivity index (χ0) is 15.8. The lowest BCUT2D eigenvalue weighted by Gasteiger charge is -2.57. The molecule has 1 aliphatic rings. The number of halogens is 1. The maximum absolute atomic E-state index is 12.6. The molecule has 0 aromatic heterocycles. The summed E-state index contributed by atoms with van der Waals surface area (Å²) >= 11 is 0. The van der Waals surface area contributed by atoms with Gasteiger partial charge >= 0.3 is 0 Å². The van der Waals surface area contributed by atoms with Crippen LogP contribution >= 0.6 is 12.4 Å². The number of aryl methyl sites for hydroxylation is 2. The van der Waals surface area contributed by atoms with E-state index in [0.717, 1.165) is 11.3 Å². The largest absolute Gasteiger partial charge is 0.378 e. The van der Waals surface area contributed by atoms with E-state index in [1.807, 2.05) is 52.8 Å². The van der Waals surface area contributed by atoms with Gasteiger partial charge in [-0.25, -0.2) is 0 Å². The van der Waals surface area contributed by atoms with Crippen molar-refractivity contribution in [3.8, 4) is 0 Å². The molecule has 22 heavy (non-hydrogen) atoms. The van der Waals surface area contributed by atoms with Gasteiger partial charge in [0.25, 0.3) is 0 Å². The Morgan fingerprint density at radius 2 is 2.00 bits per heavy atom. The quantitative estimate of drug-likeness (QED) is 0.893. The van der Waals surface area contributed by atoms with Gasteiger partial charge in [-0.1, -0.05) is 19.9 Å². The molecule has 0 saturated heterocycles. The Balaban J connectivity index is 0.00000242. The van der Waals surface area contributed by atoms with E-state index in [4.69, 9.17) is 10.5 Å². The molecule has 0 heterocycles. The molecule has 5 heteroatoms. The van der Waals surface area contributed by atoms with Gasteiger partial charge in [-0.05, 0) is 44.0 Å². The maximum atomic E-state index is 12.6. The van der Waals surface area contributed by atoms with Gasteiger partial charge < -0.3 is 15.8 Å². The first-order valence-electron chi connectivity index (χ1n) is 7.51. The van der Waals surface area contributed by atoms with Crippen LogP contribution < -0.4 is 11.1 Å². The van der Waals surface area contributed by atoms with Gasteiger partial charge in [0.05, 0.1) is 6.10 Å². The minimum atomic E-state index is -0.883. The van der Waals surface area contributed by atoms with Crippen molar-refractivity contribution >= 4 is 24.0 Å². The van der Waals surface area contributed by atoms with Crippen molar-refractivity contribution in [1.82, 2.24) is 0 Å². The van der Waals surface area contributed by atoms with Crippen molar-refractivity contribution in [2.45, 2.75) is 52.7 Å². The fraction of sp³-hybridized carbons (Fsp3) is 0.588. The number of hydrogen-bond donors (Lipinski definition) is 2. The molecule has 1 aliphatic carbocycles. The van der Waals surface area contributed by atoms with Gasteiger partial charge in [-0.15, -0.1) is 12.4 Å². The summed E-state index contributed by atoms with van der Waals surface area (Å²) in [7, 11) is 0. The number of benzene rings is 1. The number of rotatable bonds is 4. The first kappa shape index (κ1) is 18.9. The van der Waals surface area contributed by atoms with E-state index in [9.17, 15) is 4.79 Å². The summed E-state index contributed by atoms with van der Waals surface area (Å²) in [6, 6.07) is 5.89. The molecular weight excluding hydrogens is 300 g/mol. The Hall–Kier alpha value is -1.10. The molecule has 124 valence electrons. The number of nitrogens with two attached hydrogens (primary N) is 1. The molecule has 0 spiro atoms. The Bertz CT molecular complexity index is 560. The summed E-state index contributed by atoms with van der Waals surface area (Å²) in [6.07, 6.45) is 0.600. The molecule has 0 bridgehead atoms. The third-order valence-corrected chi connectivity index (χ3v) is 5.00. The number of amides is 1. The van der Waals surface area contributed by atoms with Gasteiger partial charge in [-0.3, -0.25) is 4.79 Å². The lowest BCUT2D eigenvalue weighted by Crippen LogP contribution is -2.74. The average molecular weight is 327 g/mol. The summed E-state index contributed by atoms with van der Waals surface area (Å²) in [4.78, 5) is 12.6. The molecule has 4 nitrogen and oxygen atoms in total. The van der Waals surface area contributed by atoms with Gasteiger partial charge in [-0.2, -0.15) is 0 Å². The molecule has 3 N–H and O–H groups in total. The second kappa shape index (κ2) is 6.57. The molecule has 1 aromatic carbocycles. The Morgan fingerprint density at radius 3 is 2.50 bits per heavy atom. The zero-order valence-corrected chi connectivity index (χ0v) is 14.8. The summed E-state index contributed by atoms with van der Waals surface area (Å²) in [5, 5.41) is 2.95. The highest BCUT2D eigenvalue weighted by Crippen LogP contribution is 2.50. The Kier molecular flexibility index (Phi) is 5.66. The third-order valence-electron chi connectivity index (χ3n) is 5.00. The SMILES string of the molecule is CCOC1CC(N)(C(=O)Nc2ccc(C)c(C)c2)C1(C)C.Cl. The monoisotopic (exact) mass is 326 g/mol. The van der Waals surface area contributed by atoms with Crippen LogP contribution in [-0.4, -0.2) is 24.2 Å². The molecule has 1 amide bonds. The molecule has 1 aromatic rings. The van der Waals surface area contributed by atoms with Crippen LogP contribution in [0.5, 0.6) is 0 Å². The van der Waals surface area contributed by atoms with Gasteiger partial charge in [0, 0.05) is 24.1 Å². The van der Waals surface area contributed by atoms with E-state index in [0.29, 0.717) is 13.0 Å². The maximum Gasteiger partial charge on any atom is 0.245 e. The fourth-order valence-electron chi connectivity index (χ4n) is 2.88. The zero-order valence-electron chi connectivity index (χ0n) is 14.0. The van der Waals surface area contributed by atoms with Crippen molar-refractivity contribution in [3.05, 3.63) is 29.3 Å². The summed E-state index contributed by atoms with van der Waals surface area (Å²) in [5.74, 6) is -0.133. The highest BCUT2D eigenvalue weighted by Gasteiger charge is 2.62. The highest BCUT2D eigenvalue weighted by molar-refractivity contribution is 5.99. The smallest absolute Gasteiger partial charge is 0.245 e. The second-order valence-electron chi connectivity index (χ2n) is 6.59. The summed E-state index contributed by atoms with van der Waals surface area (Å²) < 4.78 is 5.66. The standard InChI is InChI=1S/C17H26N2O2.ClH/c1-6-21-14-10-17(18,16(14,4)5)15(20)19-13-8-7-11(2)12(3)9-13;/h7-9,14H,6,10,18H2,1-5H3,(H,19,20);1H.